The fourth-order valence-electron chi connectivity index (χ4n) is 5.51. The molecule has 0 fully saturated rings. The molecule has 0 aliphatic heterocycles. The zero-order valence-electron chi connectivity index (χ0n) is 32.1. The van der Waals surface area contributed by atoms with E-state index in [1.165, 1.54) is 180 Å². The molecule has 7 heteroatoms. The van der Waals surface area contributed by atoms with Crippen LogP contribution in [0, 0.1) is 0 Å². The SMILES string of the molecule is CC(N)C(N)CO.CCCCCCCCCCCCCCCCCC(N)=O.CCCCCCCCCCCCCCCCCC(N)=O. The number of hydrogen-bond donors (Lipinski definition) is 5. The largest absolute Gasteiger partial charge is 0.395 e. The van der Waals surface area contributed by atoms with Crippen LogP contribution in [-0.2, 0) is 9.59 Å². The van der Waals surface area contributed by atoms with Crippen molar-refractivity contribution in [3.8, 4) is 0 Å². The van der Waals surface area contributed by atoms with E-state index in [4.69, 9.17) is 28.0 Å². The topological polar surface area (TPSA) is 158 Å². The number of aliphatic hydroxyl groups is 1. The Morgan fingerprint density at radius 1 is 0.426 bits per heavy atom. The number of unbranched alkanes of at least 4 members (excludes halogenated alkanes) is 28. The Morgan fingerprint density at radius 3 is 0.745 bits per heavy atom. The van der Waals surface area contributed by atoms with Crippen molar-refractivity contribution < 1.29 is 14.7 Å². The summed E-state index contributed by atoms with van der Waals surface area (Å²) in [6.45, 7) is 6.29. The lowest BCUT2D eigenvalue weighted by Gasteiger charge is -2.10. The van der Waals surface area contributed by atoms with Crippen molar-refractivity contribution in [2.45, 2.75) is 238 Å². The molecule has 9 N–H and O–H groups in total. The third-order valence-electron chi connectivity index (χ3n) is 8.94. The number of rotatable bonds is 34. The number of amides is 2. The highest BCUT2D eigenvalue weighted by Gasteiger charge is 2.03. The average Bonchev–Trinajstić information content (AvgIpc) is 3.04. The van der Waals surface area contributed by atoms with E-state index in [2.05, 4.69) is 13.8 Å². The summed E-state index contributed by atoms with van der Waals surface area (Å²) in [5, 5.41) is 8.30. The molecule has 0 aromatic carbocycles. The predicted molar refractivity (Wildman–Crippen MR) is 206 cm³/mol. The summed E-state index contributed by atoms with van der Waals surface area (Å²) in [6, 6.07) is -0.370. The maximum absolute atomic E-state index is 10.6. The van der Waals surface area contributed by atoms with Crippen molar-refractivity contribution in [1.29, 1.82) is 0 Å². The molecule has 0 radical (unpaired) electrons. The van der Waals surface area contributed by atoms with Crippen molar-refractivity contribution in [3.05, 3.63) is 0 Å². The van der Waals surface area contributed by atoms with Crippen molar-refractivity contribution in [2.24, 2.45) is 22.9 Å². The molecule has 47 heavy (non-hydrogen) atoms. The maximum Gasteiger partial charge on any atom is 0.217 e. The quantitative estimate of drug-likeness (QED) is 0.0430. The van der Waals surface area contributed by atoms with Gasteiger partial charge in [-0.2, -0.15) is 0 Å². The molecule has 0 aromatic rings. The summed E-state index contributed by atoms with van der Waals surface area (Å²) < 4.78 is 0. The molecular weight excluding hydrogens is 584 g/mol. The van der Waals surface area contributed by atoms with Crippen LogP contribution in [0.1, 0.15) is 226 Å². The lowest BCUT2D eigenvalue weighted by atomic mass is 10.0. The zero-order chi connectivity index (χ0) is 35.6. The number of primary amides is 2. The van der Waals surface area contributed by atoms with Gasteiger partial charge in [0.2, 0.25) is 11.8 Å². The number of nitrogens with two attached hydrogens (primary N) is 4. The maximum atomic E-state index is 10.6. The van der Waals surface area contributed by atoms with Crippen molar-refractivity contribution in [2.75, 3.05) is 6.61 Å². The van der Waals surface area contributed by atoms with Crippen LogP contribution in [-0.4, -0.2) is 35.6 Å². The lowest BCUT2D eigenvalue weighted by molar-refractivity contribution is -0.119. The molecule has 0 saturated carbocycles. The van der Waals surface area contributed by atoms with Crippen LogP contribution in [0.25, 0.3) is 0 Å². The van der Waals surface area contributed by atoms with Gasteiger partial charge in [0.1, 0.15) is 0 Å². The van der Waals surface area contributed by atoms with Crippen LogP contribution >= 0.6 is 0 Å². The molecule has 0 rings (SSSR count). The van der Waals surface area contributed by atoms with Crippen LogP contribution in [0.5, 0.6) is 0 Å². The van der Waals surface area contributed by atoms with E-state index >= 15 is 0 Å². The van der Waals surface area contributed by atoms with Gasteiger partial charge in [-0.05, 0) is 19.8 Å². The highest BCUT2D eigenvalue weighted by molar-refractivity contribution is 5.73. The second kappa shape index (κ2) is 44.8. The average molecular weight is 671 g/mol. The highest BCUT2D eigenvalue weighted by Crippen LogP contribution is 2.15. The molecule has 7 nitrogen and oxygen atoms in total. The van der Waals surface area contributed by atoms with Crippen LogP contribution in [0.4, 0.5) is 0 Å². The second-order valence-corrected chi connectivity index (χ2v) is 14.0. The Kier molecular flexibility index (Phi) is 47.9. The minimum Gasteiger partial charge on any atom is -0.395 e. The third kappa shape index (κ3) is 54.5. The van der Waals surface area contributed by atoms with Gasteiger partial charge in [0.25, 0.3) is 0 Å². The first-order valence-corrected chi connectivity index (χ1v) is 20.4. The number of hydrogen-bond acceptors (Lipinski definition) is 5. The molecule has 0 spiro atoms. The number of aliphatic hydroxyl groups excluding tert-OH is 1. The first kappa shape index (κ1) is 50.2. The smallest absolute Gasteiger partial charge is 0.217 e. The molecule has 2 amide bonds. The summed E-state index contributed by atoms with van der Waals surface area (Å²) >= 11 is 0. The van der Waals surface area contributed by atoms with Gasteiger partial charge in [-0.1, -0.05) is 194 Å². The highest BCUT2D eigenvalue weighted by atomic mass is 16.3. The predicted octanol–water partition coefficient (Wildman–Crippen LogP) is 10.1. The van der Waals surface area contributed by atoms with Gasteiger partial charge in [-0.15, -0.1) is 0 Å². The summed E-state index contributed by atoms with van der Waals surface area (Å²) in [7, 11) is 0. The molecule has 0 aliphatic rings. The first-order chi connectivity index (χ1) is 22.7. The molecule has 284 valence electrons. The van der Waals surface area contributed by atoms with Crippen molar-refractivity contribution in [3.63, 3.8) is 0 Å². The minimum atomic E-state index is -0.264. The summed E-state index contributed by atoms with van der Waals surface area (Å²) in [6.07, 6.45) is 41.8. The zero-order valence-corrected chi connectivity index (χ0v) is 32.1. The van der Waals surface area contributed by atoms with Gasteiger partial charge in [0.05, 0.1) is 6.61 Å². The van der Waals surface area contributed by atoms with Crippen molar-refractivity contribution >= 4 is 11.8 Å². The standard InChI is InChI=1S/2C18H37NO.C4H12N2O/c2*1-2-3-4-5-6-7-8-9-10-11-12-13-14-15-16-17-18(19)20;1-3(5)4(6)2-7/h2*2-17H2,1H3,(H2,19,20);3-4,7H,2,5-6H2,1H3. The Bertz CT molecular complexity index is 560. The monoisotopic (exact) mass is 671 g/mol. The van der Waals surface area contributed by atoms with Crippen LogP contribution < -0.4 is 22.9 Å². The van der Waals surface area contributed by atoms with E-state index in [0.717, 1.165) is 12.8 Å². The molecule has 0 saturated heterocycles. The Morgan fingerprint density at radius 2 is 0.617 bits per heavy atom. The molecule has 0 bridgehead atoms. The van der Waals surface area contributed by atoms with Crippen molar-refractivity contribution in [1.82, 2.24) is 0 Å². The summed E-state index contributed by atoms with van der Waals surface area (Å²) in [4.78, 5) is 21.1. The molecule has 0 heterocycles. The van der Waals surface area contributed by atoms with E-state index < -0.39 is 0 Å². The number of carbonyl (C=O) groups is 2. The van der Waals surface area contributed by atoms with Crippen LogP contribution in [0.2, 0.25) is 0 Å². The Hall–Kier alpha value is -1.18. The van der Waals surface area contributed by atoms with Gasteiger partial charge in [0.15, 0.2) is 0 Å². The van der Waals surface area contributed by atoms with Gasteiger partial charge in [-0.25, -0.2) is 0 Å². The normalized spacial score (nSPS) is 12.0. The van der Waals surface area contributed by atoms with Gasteiger partial charge < -0.3 is 28.0 Å². The number of carbonyl (C=O) groups excluding carboxylic acids is 2. The third-order valence-corrected chi connectivity index (χ3v) is 8.94. The fourth-order valence-corrected chi connectivity index (χ4v) is 5.51. The lowest BCUT2D eigenvalue weighted by Crippen LogP contribution is -2.41. The Labute approximate surface area is 293 Å². The van der Waals surface area contributed by atoms with Gasteiger partial charge in [0, 0.05) is 24.9 Å². The molecule has 2 atom stereocenters. The van der Waals surface area contributed by atoms with Gasteiger partial charge in [-0.3, -0.25) is 9.59 Å². The minimum absolute atomic E-state index is 0.0301. The van der Waals surface area contributed by atoms with E-state index in [1.54, 1.807) is 6.92 Å². The van der Waals surface area contributed by atoms with Crippen LogP contribution in [0.3, 0.4) is 0 Å². The van der Waals surface area contributed by atoms with Gasteiger partial charge >= 0.3 is 0 Å². The molecule has 0 aromatic heterocycles. The fraction of sp³-hybridized carbons (Fsp3) is 0.950. The molecule has 2 unspecified atom stereocenters. The first-order valence-electron chi connectivity index (χ1n) is 20.4. The van der Waals surface area contributed by atoms with Crippen LogP contribution in [0.15, 0.2) is 0 Å². The summed E-state index contributed by atoms with van der Waals surface area (Å²) in [5.41, 5.74) is 20.7. The molecular formula is C40H86N4O3. The van der Waals surface area contributed by atoms with E-state index in [9.17, 15) is 9.59 Å². The van der Waals surface area contributed by atoms with E-state index in [1.807, 2.05) is 0 Å². The van der Waals surface area contributed by atoms with E-state index in [-0.39, 0.29) is 30.5 Å². The summed E-state index contributed by atoms with van der Waals surface area (Å²) in [5.74, 6) is -0.306. The second-order valence-electron chi connectivity index (χ2n) is 14.0. The molecule has 0 aliphatic carbocycles. The van der Waals surface area contributed by atoms with E-state index in [0.29, 0.717) is 12.8 Å². The Balaban J connectivity index is -0.000000685.